The lowest BCUT2D eigenvalue weighted by molar-refractivity contribution is 0.393. The molecule has 1 aromatic carbocycles. The third kappa shape index (κ3) is 1.30. The molecular formula is C13H12N2O3. The van der Waals surface area contributed by atoms with Gasteiger partial charge < -0.3 is 9.05 Å². The Morgan fingerprint density at radius 1 is 0.722 bits per heavy atom. The van der Waals surface area contributed by atoms with Crippen LogP contribution in [0, 0.1) is 27.7 Å². The lowest BCUT2D eigenvalue weighted by Gasteiger charge is -1.91. The van der Waals surface area contributed by atoms with Gasteiger partial charge in [0.25, 0.3) is 0 Å². The van der Waals surface area contributed by atoms with Crippen molar-refractivity contribution in [3.63, 3.8) is 0 Å². The molecule has 0 saturated carbocycles. The standard InChI is InChI=1S/C13H12N2O3/c1-5-9(7(3)17-14-5)11-12(13(11)16)10-6(2)15-18-8(10)4/h1-4H3. The molecule has 0 atom stereocenters. The average Bonchev–Trinajstić information content (AvgIpc) is 2.65. The Balaban J connectivity index is 2.18. The molecule has 0 unspecified atom stereocenters. The van der Waals surface area contributed by atoms with E-state index in [1.807, 2.05) is 13.8 Å². The van der Waals surface area contributed by atoms with Crippen LogP contribution in [0.3, 0.4) is 0 Å². The summed E-state index contributed by atoms with van der Waals surface area (Å²) in [6.07, 6.45) is 0. The van der Waals surface area contributed by atoms with Gasteiger partial charge in [0.05, 0.1) is 22.5 Å². The number of rotatable bonds is 2. The average molecular weight is 244 g/mol. The molecule has 0 N–H and O–H groups in total. The van der Waals surface area contributed by atoms with E-state index in [0.29, 0.717) is 22.6 Å². The fourth-order valence-electron chi connectivity index (χ4n) is 2.33. The minimum atomic E-state index is 0.0267. The van der Waals surface area contributed by atoms with E-state index in [-0.39, 0.29) is 5.43 Å². The van der Waals surface area contributed by atoms with Crippen molar-refractivity contribution in [1.82, 2.24) is 10.3 Å². The monoisotopic (exact) mass is 244 g/mol. The summed E-state index contributed by atoms with van der Waals surface area (Å²) in [5.41, 5.74) is 4.46. The molecule has 18 heavy (non-hydrogen) atoms. The molecule has 0 fully saturated rings. The first-order chi connectivity index (χ1) is 8.52. The summed E-state index contributed by atoms with van der Waals surface area (Å²) in [5, 5.41) is 7.74. The van der Waals surface area contributed by atoms with Gasteiger partial charge >= 0.3 is 0 Å². The van der Waals surface area contributed by atoms with Gasteiger partial charge in [0, 0.05) is 11.1 Å². The second-order valence-corrected chi connectivity index (χ2v) is 4.48. The van der Waals surface area contributed by atoms with Crippen molar-refractivity contribution in [3.8, 4) is 22.3 Å². The molecule has 0 bridgehead atoms. The lowest BCUT2D eigenvalue weighted by atomic mass is 10.1. The third-order valence-electron chi connectivity index (χ3n) is 3.21. The second-order valence-electron chi connectivity index (χ2n) is 4.48. The van der Waals surface area contributed by atoms with E-state index < -0.39 is 0 Å². The summed E-state index contributed by atoms with van der Waals surface area (Å²) < 4.78 is 10.2. The Labute approximate surface area is 103 Å². The zero-order valence-electron chi connectivity index (χ0n) is 10.6. The maximum Gasteiger partial charge on any atom is 0.196 e. The molecule has 0 spiro atoms. The van der Waals surface area contributed by atoms with E-state index in [9.17, 15) is 4.79 Å². The highest BCUT2D eigenvalue weighted by Crippen LogP contribution is 2.40. The van der Waals surface area contributed by atoms with Gasteiger partial charge in [-0.1, -0.05) is 10.3 Å². The minimum absolute atomic E-state index is 0.0267. The van der Waals surface area contributed by atoms with Crippen LogP contribution in [0.1, 0.15) is 22.9 Å². The maximum atomic E-state index is 12.0. The predicted molar refractivity (Wildman–Crippen MR) is 65.0 cm³/mol. The molecular weight excluding hydrogens is 232 g/mol. The normalized spacial score (nSPS) is 11.6. The molecule has 3 aromatic rings. The van der Waals surface area contributed by atoms with Gasteiger partial charge in [0.2, 0.25) is 0 Å². The predicted octanol–water partition coefficient (Wildman–Crippen LogP) is 2.47. The quantitative estimate of drug-likeness (QED) is 0.692. The lowest BCUT2D eigenvalue weighted by Crippen LogP contribution is -1.81. The van der Waals surface area contributed by atoms with Crippen LogP contribution in [0.2, 0.25) is 0 Å². The Morgan fingerprint density at radius 2 is 1.11 bits per heavy atom. The van der Waals surface area contributed by atoms with Crippen LogP contribution in [0.4, 0.5) is 0 Å². The summed E-state index contributed by atoms with van der Waals surface area (Å²) in [4.78, 5) is 12.0. The molecule has 0 aliphatic carbocycles. The van der Waals surface area contributed by atoms with E-state index in [1.165, 1.54) is 0 Å². The molecule has 0 amide bonds. The van der Waals surface area contributed by atoms with E-state index >= 15 is 0 Å². The van der Waals surface area contributed by atoms with E-state index in [1.54, 1.807) is 13.8 Å². The van der Waals surface area contributed by atoms with Gasteiger partial charge in [0.15, 0.2) is 5.43 Å². The zero-order chi connectivity index (χ0) is 13.0. The molecule has 2 heterocycles. The number of aryl methyl sites for hydroxylation is 4. The summed E-state index contributed by atoms with van der Waals surface area (Å²) in [6, 6.07) is 0. The van der Waals surface area contributed by atoms with Gasteiger partial charge in [-0.3, -0.25) is 4.79 Å². The Hall–Kier alpha value is -2.17. The highest BCUT2D eigenvalue weighted by molar-refractivity contribution is 5.96. The fraction of sp³-hybridized carbons (Fsp3) is 0.308. The molecule has 2 aromatic heterocycles. The third-order valence-corrected chi connectivity index (χ3v) is 3.21. The number of nitrogens with zero attached hydrogens (tertiary/aromatic N) is 2. The first-order valence-electron chi connectivity index (χ1n) is 5.67. The SMILES string of the molecule is Cc1noc(C)c1-c1c(-c2c(C)noc2C)c1=O. The molecule has 0 radical (unpaired) electrons. The molecule has 5 nitrogen and oxygen atoms in total. The minimum Gasteiger partial charge on any atom is -0.361 e. The van der Waals surface area contributed by atoms with Crippen molar-refractivity contribution in [2.45, 2.75) is 27.7 Å². The highest BCUT2D eigenvalue weighted by atomic mass is 16.5. The number of aromatic nitrogens is 2. The smallest absolute Gasteiger partial charge is 0.196 e. The van der Waals surface area contributed by atoms with Crippen LogP contribution in [0.25, 0.3) is 22.3 Å². The summed E-state index contributed by atoms with van der Waals surface area (Å²) in [7, 11) is 0. The van der Waals surface area contributed by atoms with Crippen LogP contribution in [0.15, 0.2) is 13.8 Å². The Kier molecular flexibility index (Phi) is 2.08. The van der Waals surface area contributed by atoms with E-state index in [2.05, 4.69) is 10.3 Å². The maximum absolute atomic E-state index is 12.0. The van der Waals surface area contributed by atoms with Crippen molar-refractivity contribution in [1.29, 1.82) is 0 Å². The Bertz CT molecular complexity index is 654. The first-order valence-corrected chi connectivity index (χ1v) is 5.67. The molecule has 0 aliphatic rings. The molecule has 0 aliphatic heterocycles. The largest absolute Gasteiger partial charge is 0.361 e. The van der Waals surface area contributed by atoms with Crippen molar-refractivity contribution in [2.75, 3.05) is 0 Å². The molecule has 5 heteroatoms. The number of hydrogen-bond acceptors (Lipinski definition) is 5. The van der Waals surface area contributed by atoms with Crippen molar-refractivity contribution in [3.05, 3.63) is 33.1 Å². The van der Waals surface area contributed by atoms with Gasteiger partial charge in [-0.25, -0.2) is 0 Å². The number of hydrogen-bond donors (Lipinski definition) is 0. The van der Waals surface area contributed by atoms with Crippen molar-refractivity contribution < 1.29 is 9.05 Å². The van der Waals surface area contributed by atoms with Crippen LogP contribution >= 0.6 is 0 Å². The summed E-state index contributed by atoms with van der Waals surface area (Å²) >= 11 is 0. The van der Waals surface area contributed by atoms with Gasteiger partial charge in [-0.05, 0) is 27.7 Å². The fourth-order valence-corrected chi connectivity index (χ4v) is 2.33. The molecule has 3 rings (SSSR count). The van der Waals surface area contributed by atoms with Crippen LogP contribution < -0.4 is 5.43 Å². The Morgan fingerprint density at radius 3 is 1.39 bits per heavy atom. The van der Waals surface area contributed by atoms with Crippen LogP contribution in [-0.2, 0) is 0 Å². The second kappa shape index (κ2) is 3.41. The van der Waals surface area contributed by atoms with Crippen LogP contribution in [-0.4, -0.2) is 10.3 Å². The van der Waals surface area contributed by atoms with Gasteiger partial charge in [-0.15, -0.1) is 0 Å². The summed E-state index contributed by atoms with van der Waals surface area (Å²) in [6.45, 7) is 7.27. The highest BCUT2D eigenvalue weighted by Gasteiger charge is 2.33. The van der Waals surface area contributed by atoms with Crippen molar-refractivity contribution >= 4 is 0 Å². The zero-order valence-corrected chi connectivity index (χ0v) is 10.6. The van der Waals surface area contributed by atoms with E-state index in [0.717, 1.165) is 22.5 Å². The van der Waals surface area contributed by atoms with Crippen LogP contribution in [0.5, 0.6) is 0 Å². The molecule has 92 valence electrons. The van der Waals surface area contributed by atoms with Gasteiger partial charge in [0.1, 0.15) is 11.5 Å². The summed E-state index contributed by atoms with van der Waals surface area (Å²) in [5.74, 6) is 1.33. The topological polar surface area (TPSA) is 69.1 Å². The first kappa shape index (κ1) is 11.0. The van der Waals surface area contributed by atoms with Crippen molar-refractivity contribution in [2.24, 2.45) is 0 Å². The van der Waals surface area contributed by atoms with E-state index in [4.69, 9.17) is 9.05 Å². The molecule has 0 saturated heterocycles. The van der Waals surface area contributed by atoms with Gasteiger partial charge in [-0.2, -0.15) is 0 Å².